The predicted octanol–water partition coefficient (Wildman–Crippen LogP) is 3.68. The average molecular weight is 330 g/mol. The van der Waals surface area contributed by atoms with E-state index in [9.17, 15) is 0 Å². The van der Waals surface area contributed by atoms with Crippen LogP contribution < -0.4 is 5.32 Å². The summed E-state index contributed by atoms with van der Waals surface area (Å²) in [6.07, 6.45) is 20.1. The minimum atomic E-state index is 1.12. The molecule has 22 heavy (non-hydrogen) atoms. The van der Waals surface area contributed by atoms with Gasteiger partial charge >= 0.3 is 0 Å². The Morgan fingerprint density at radius 3 is 1.32 bits per heavy atom. The monoisotopic (exact) mass is 329 g/mol. The number of nitrogens with zero attached hydrogens (tertiary/aromatic N) is 1. The van der Waals surface area contributed by atoms with Crippen molar-refractivity contribution in [2.75, 3.05) is 40.4 Å². The lowest BCUT2D eigenvalue weighted by Gasteiger charge is -2.23. The molecule has 0 saturated heterocycles. The van der Waals surface area contributed by atoms with Crippen molar-refractivity contribution in [2.45, 2.75) is 83.5 Å². The topological polar surface area (TPSA) is 12.0 Å². The van der Waals surface area contributed by atoms with Gasteiger partial charge in [0.25, 0.3) is 0 Å². The van der Waals surface area contributed by atoms with Gasteiger partial charge in [0.15, 0.2) is 0 Å². The molecule has 0 spiro atoms. The van der Waals surface area contributed by atoms with Crippen LogP contribution in [0.25, 0.3) is 0 Å². The molecule has 0 aromatic rings. The van der Waals surface area contributed by atoms with Gasteiger partial charge in [-0.2, -0.15) is 0 Å². The fourth-order valence-electron chi connectivity index (χ4n) is 2.96. The van der Waals surface area contributed by atoms with Gasteiger partial charge in [-0.15, -0.1) is 0 Å². The first-order valence-electron chi connectivity index (χ1n) is 10.1. The van der Waals surface area contributed by atoms with Gasteiger partial charge in [-0.25, -0.2) is 0 Å². The maximum absolute atomic E-state index is 3.46. The average Bonchev–Trinajstić information content (AvgIpc) is 2.45. The van der Waals surface area contributed by atoms with E-state index in [-0.39, 0.29) is 0 Å². The number of rotatable bonds is 17. The Labute approximate surface area is 144 Å². The second-order valence-corrected chi connectivity index (χ2v) is 8.67. The molecule has 1 N–H and O–H groups in total. The van der Waals surface area contributed by atoms with Crippen molar-refractivity contribution in [2.24, 2.45) is 0 Å². The standard InChI is InChI=1S/C19H45N2Si/c1-21(2,3)18-16-14-12-10-8-6-4-5-7-9-11-13-15-17-20-19-22/h20H,4-19H2,1-3,22H3/q+1. The molecule has 3 heteroatoms. The van der Waals surface area contributed by atoms with Gasteiger partial charge in [-0.1, -0.05) is 64.2 Å². The smallest absolute Gasteiger partial charge is 0.0780 e. The Morgan fingerprint density at radius 2 is 0.955 bits per heavy atom. The molecular formula is C19H45N2Si+. The van der Waals surface area contributed by atoms with Crippen LogP contribution in [-0.4, -0.2) is 55.1 Å². The second-order valence-electron chi connectivity index (χ2n) is 7.96. The fraction of sp³-hybridized carbons (Fsp3) is 1.00. The molecule has 0 bridgehead atoms. The third-order valence-electron chi connectivity index (χ3n) is 4.43. The van der Waals surface area contributed by atoms with E-state index in [2.05, 4.69) is 26.5 Å². The minimum Gasteiger partial charge on any atom is -0.331 e. The van der Waals surface area contributed by atoms with E-state index >= 15 is 0 Å². The predicted molar refractivity (Wildman–Crippen MR) is 106 cm³/mol. The van der Waals surface area contributed by atoms with Gasteiger partial charge in [0.2, 0.25) is 0 Å². The molecular weight excluding hydrogens is 284 g/mol. The molecule has 0 atom stereocenters. The first-order chi connectivity index (χ1) is 10.6. The number of hydrogen-bond donors (Lipinski definition) is 1. The van der Waals surface area contributed by atoms with Crippen LogP contribution in [0.15, 0.2) is 0 Å². The largest absolute Gasteiger partial charge is 0.331 e. The van der Waals surface area contributed by atoms with Crippen LogP contribution in [0.4, 0.5) is 0 Å². The van der Waals surface area contributed by atoms with Crippen LogP contribution in [0, 0.1) is 0 Å². The van der Waals surface area contributed by atoms with E-state index in [1.165, 1.54) is 113 Å². The molecule has 0 heterocycles. The Balaban J connectivity index is 3.00. The lowest BCUT2D eigenvalue weighted by Crippen LogP contribution is -2.35. The third kappa shape index (κ3) is 20.1. The highest BCUT2D eigenvalue weighted by atomic mass is 28.1. The molecule has 0 aliphatic carbocycles. The first-order valence-corrected chi connectivity index (χ1v) is 11.5. The maximum atomic E-state index is 3.46. The highest BCUT2D eigenvalue weighted by molar-refractivity contribution is 6.08. The van der Waals surface area contributed by atoms with Gasteiger partial charge in [0.1, 0.15) is 0 Å². The highest BCUT2D eigenvalue weighted by Gasteiger charge is 2.04. The summed E-state index contributed by atoms with van der Waals surface area (Å²) in [6, 6.07) is 0. The summed E-state index contributed by atoms with van der Waals surface area (Å²) in [4.78, 5) is 0. The van der Waals surface area contributed by atoms with Crippen LogP contribution in [0.3, 0.4) is 0 Å². The molecule has 0 aliphatic rings. The molecule has 0 aliphatic heterocycles. The van der Waals surface area contributed by atoms with Crippen LogP contribution in [0.5, 0.6) is 0 Å². The van der Waals surface area contributed by atoms with Gasteiger partial charge < -0.3 is 9.80 Å². The zero-order chi connectivity index (χ0) is 16.5. The van der Waals surface area contributed by atoms with Gasteiger partial charge in [-0.3, -0.25) is 0 Å². The van der Waals surface area contributed by atoms with Crippen molar-refractivity contribution >= 4 is 10.2 Å². The summed E-state index contributed by atoms with van der Waals surface area (Å²) in [6.45, 7) is 2.58. The molecule has 0 rings (SSSR count). The van der Waals surface area contributed by atoms with Crippen molar-refractivity contribution in [3.05, 3.63) is 0 Å². The van der Waals surface area contributed by atoms with E-state index in [1.807, 2.05) is 0 Å². The number of nitrogens with one attached hydrogen (secondary N) is 1. The Bertz CT molecular complexity index is 214. The van der Waals surface area contributed by atoms with Gasteiger partial charge in [-0.05, 0) is 32.0 Å². The molecule has 0 amide bonds. The number of quaternary nitrogens is 1. The summed E-state index contributed by atoms with van der Waals surface area (Å²) < 4.78 is 1.12. The quantitative estimate of drug-likeness (QED) is 0.244. The van der Waals surface area contributed by atoms with Crippen molar-refractivity contribution in [3.63, 3.8) is 0 Å². The number of unbranched alkanes of at least 4 members (excludes halogenated alkanes) is 12. The van der Waals surface area contributed by atoms with E-state index < -0.39 is 0 Å². The van der Waals surface area contributed by atoms with Crippen LogP contribution >= 0.6 is 0 Å². The molecule has 0 fully saturated rings. The van der Waals surface area contributed by atoms with E-state index in [1.54, 1.807) is 0 Å². The summed E-state index contributed by atoms with van der Waals surface area (Å²) in [5.41, 5.74) is 0. The summed E-state index contributed by atoms with van der Waals surface area (Å²) in [7, 11) is 8.18. The first kappa shape index (κ1) is 22.1. The normalized spacial score (nSPS) is 12.1. The lowest BCUT2D eigenvalue weighted by molar-refractivity contribution is -0.870. The Morgan fingerprint density at radius 1 is 0.591 bits per heavy atom. The maximum Gasteiger partial charge on any atom is 0.0780 e. The second kappa shape index (κ2) is 16.0. The lowest BCUT2D eigenvalue weighted by atomic mass is 10.0. The van der Waals surface area contributed by atoms with Crippen LogP contribution in [0.1, 0.15) is 83.5 Å². The molecule has 0 saturated carbocycles. The Kier molecular flexibility index (Phi) is 16.1. The summed E-state index contributed by atoms with van der Waals surface area (Å²) in [5, 5.41) is 3.46. The van der Waals surface area contributed by atoms with Crippen LogP contribution in [0.2, 0.25) is 0 Å². The minimum absolute atomic E-state index is 1.12. The zero-order valence-electron chi connectivity index (χ0n) is 16.3. The fourth-order valence-corrected chi connectivity index (χ4v) is 3.31. The summed E-state index contributed by atoms with van der Waals surface area (Å²) >= 11 is 0. The van der Waals surface area contributed by atoms with Gasteiger partial charge in [0.05, 0.1) is 27.7 Å². The molecule has 0 aromatic heterocycles. The Hall–Kier alpha value is 0.137. The van der Waals surface area contributed by atoms with Crippen molar-refractivity contribution < 1.29 is 4.48 Å². The van der Waals surface area contributed by atoms with E-state index in [0.717, 1.165) is 4.48 Å². The molecule has 134 valence electrons. The van der Waals surface area contributed by atoms with Crippen molar-refractivity contribution in [1.29, 1.82) is 0 Å². The van der Waals surface area contributed by atoms with Crippen LogP contribution in [-0.2, 0) is 0 Å². The van der Waals surface area contributed by atoms with Gasteiger partial charge in [0, 0.05) is 10.2 Å². The SMILES string of the molecule is C[N+](C)(C)CCCCCCCCCCCCCCCNC[SiH3]. The molecule has 0 unspecified atom stereocenters. The molecule has 0 radical (unpaired) electrons. The van der Waals surface area contributed by atoms with Crippen molar-refractivity contribution in [1.82, 2.24) is 5.32 Å². The molecule has 2 nitrogen and oxygen atoms in total. The third-order valence-corrected chi connectivity index (χ3v) is 4.93. The van der Waals surface area contributed by atoms with E-state index in [4.69, 9.17) is 0 Å². The van der Waals surface area contributed by atoms with Crippen molar-refractivity contribution in [3.8, 4) is 0 Å². The summed E-state index contributed by atoms with van der Waals surface area (Å²) in [5.74, 6) is 0. The number of hydrogen-bond acceptors (Lipinski definition) is 1. The molecule has 0 aromatic carbocycles. The van der Waals surface area contributed by atoms with E-state index in [0.29, 0.717) is 0 Å². The highest BCUT2D eigenvalue weighted by Crippen LogP contribution is 2.12. The zero-order valence-corrected chi connectivity index (χ0v) is 18.3.